The van der Waals surface area contributed by atoms with E-state index in [9.17, 15) is 23.1 Å². The summed E-state index contributed by atoms with van der Waals surface area (Å²) in [5.41, 5.74) is -4.87. The molecule has 0 unspecified atom stereocenters. The zero-order chi connectivity index (χ0) is 15.8. The third-order valence-electron chi connectivity index (χ3n) is 3.63. The Morgan fingerprint density at radius 2 is 1.81 bits per heavy atom. The molecule has 1 aromatic carbocycles. The maximum atomic E-state index is 12.2. The number of benzene rings is 1. The number of alkyl halides is 3. The predicted molar refractivity (Wildman–Crippen MR) is 74.0 cm³/mol. The van der Waals surface area contributed by atoms with Crippen LogP contribution < -0.4 is 0 Å². The van der Waals surface area contributed by atoms with Crippen molar-refractivity contribution < 1.29 is 23.1 Å². The van der Waals surface area contributed by atoms with Crippen LogP contribution in [0.25, 0.3) is 0 Å². The smallest absolute Gasteiger partial charge is 0.386 e. The quantitative estimate of drug-likeness (QED) is 0.870. The highest BCUT2D eigenvalue weighted by molar-refractivity contribution is 8.00. The van der Waals surface area contributed by atoms with Crippen LogP contribution in [0.15, 0.2) is 29.2 Å². The average Bonchev–Trinajstić information content (AvgIpc) is 2.33. The number of carbonyl (C=O) groups excluding carboxylic acids is 1. The van der Waals surface area contributed by atoms with Gasteiger partial charge in [0.05, 0.1) is 13.1 Å². The van der Waals surface area contributed by atoms with Gasteiger partial charge in [-0.2, -0.15) is 13.2 Å². The van der Waals surface area contributed by atoms with Gasteiger partial charge in [0, 0.05) is 10.5 Å². The van der Waals surface area contributed by atoms with Crippen LogP contribution in [-0.2, 0) is 0 Å². The Labute approximate surface area is 125 Å². The molecule has 1 heterocycles. The highest BCUT2D eigenvalue weighted by atomic mass is 32.2. The highest BCUT2D eigenvalue weighted by Gasteiger charge is 2.45. The van der Waals surface area contributed by atoms with E-state index >= 15 is 0 Å². The molecular weight excluding hydrogens is 303 g/mol. The van der Waals surface area contributed by atoms with E-state index in [-0.39, 0.29) is 41.6 Å². The van der Waals surface area contributed by atoms with Crippen molar-refractivity contribution in [1.29, 1.82) is 0 Å². The van der Waals surface area contributed by atoms with Gasteiger partial charge >= 0.3 is 5.51 Å². The number of halogens is 3. The van der Waals surface area contributed by atoms with E-state index in [0.29, 0.717) is 5.56 Å². The minimum absolute atomic E-state index is 0.0429. The number of aliphatic hydroxyl groups is 1. The summed E-state index contributed by atoms with van der Waals surface area (Å²) >= 11 is -0.212. The van der Waals surface area contributed by atoms with Gasteiger partial charge in [0.25, 0.3) is 5.91 Å². The Bertz CT molecular complexity index is 522. The van der Waals surface area contributed by atoms with Gasteiger partial charge < -0.3 is 10.0 Å². The molecule has 116 valence electrons. The molecule has 0 aromatic heterocycles. The summed E-state index contributed by atoms with van der Waals surface area (Å²) in [6.07, 6.45) is 0. The van der Waals surface area contributed by atoms with Crippen LogP contribution in [0.3, 0.4) is 0 Å². The largest absolute Gasteiger partial charge is 0.446 e. The molecule has 0 aliphatic carbocycles. The lowest BCUT2D eigenvalue weighted by Gasteiger charge is -2.49. The number of hydrogen-bond acceptors (Lipinski definition) is 3. The summed E-state index contributed by atoms with van der Waals surface area (Å²) in [4.78, 5) is 13.7. The Balaban J connectivity index is 1.99. The maximum Gasteiger partial charge on any atom is 0.446 e. The van der Waals surface area contributed by atoms with Crippen molar-refractivity contribution in [3.8, 4) is 0 Å². The lowest BCUT2D eigenvalue weighted by atomic mass is 9.82. The van der Waals surface area contributed by atoms with Crippen molar-refractivity contribution in [2.45, 2.75) is 29.9 Å². The van der Waals surface area contributed by atoms with Crippen molar-refractivity contribution >= 4 is 17.7 Å². The van der Waals surface area contributed by atoms with Crippen molar-refractivity contribution in [2.75, 3.05) is 13.1 Å². The van der Waals surface area contributed by atoms with Crippen LogP contribution in [0.5, 0.6) is 0 Å². The summed E-state index contributed by atoms with van der Waals surface area (Å²) < 4.78 is 36.6. The molecule has 1 fully saturated rings. The van der Waals surface area contributed by atoms with E-state index in [1.54, 1.807) is 0 Å². The number of β-amino-alcohol motifs (C(OH)–C–C–N with tert-alkyl or cyclic N) is 1. The zero-order valence-corrected chi connectivity index (χ0v) is 12.5. The number of thioether (sulfide) groups is 1. The van der Waals surface area contributed by atoms with Gasteiger partial charge in [0.1, 0.15) is 5.60 Å². The highest BCUT2D eigenvalue weighted by Crippen LogP contribution is 2.37. The molecule has 1 aliphatic heterocycles. The molecule has 1 aliphatic rings. The number of likely N-dealkylation sites (tertiary alicyclic amines) is 1. The van der Waals surface area contributed by atoms with Gasteiger partial charge in [-0.15, -0.1) is 0 Å². The van der Waals surface area contributed by atoms with Crippen LogP contribution >= 0.6 is 11.8 Å². The average molecular weight is 319 g/mol. The van der Waals surface area contributed by atoms with Crippen molar-refractivity contribution in [3.63, 3.8) is 0 Å². The van der Waals surface area contributed by atoms with Crippen LogP contribution in [-0.4, -0.2) is 40.1 Å². The van der Waals surface area contributed by atoms with E-state index in [1.165, 1.54) is 29.2 Å². The second kappa shape index (κ2) is 5.53. The van der Waals surface area contributed by atoms with Gasteiger partial charge in [-0.05, 0) is 41.9 Å². The Morgan fingerprint density at radius 3 is 2.24 bits per heavy atom. The Hall–Kier alpha value is -1.21. The molecule has 21 heavy (non-hydrogen) atoms. The minimum atomic E-state index is -4.34. The van der Waals surface area contributed by atoms with Crippen LogP contribution in [0.1, 0.15) is 24.2 Å². The van der Waals surface area contributed by atoms with Gasteiger partial charge in [0.15, 0.2) is 0 Å². The van der Waals surface area contributed by atoms with Crippen molar-refractivity contribution in [3.05, 3.63) is 29.8 Å². The second-order valence-electron chi connectivity index (χ2n) is 5.49. The summed E-state index contributed by atoms with van der Waals surface area (Å²) in [5.74, 6) is -0.226. The van der Waals surface area contributed by atoms with Crippen LogP contribution in [0.4, 0.5) is 13.2 Å². The zero-order valence-electron chi connectivity index (χ0n) is 11.6. The number of amides is 1. The van der Waals surface area contributed by atoms with Crippen molar-refractivity contribution in [2.24, 2.45) is 5.92 Å². The van der Waals surface area contributed by atoms with E-state index in [2.05, 4.69) is 0 Å². The SMILES string of the molecule is CC(C)C1(O)CN(C(=O)c2ccc(SC(F)(F)F)cc2)C1. The number of carbonyl (C=O) groups is 1. The molecule has 0 spiro atoms. The molecule has 0 bridgehead atoms. The number of nitrogens with zero attached hydrogens (tertiary/aromatic N) is 1. The lowest BCUT2D eigenvalue weighted by molar-refractivity contribution is -0.110. The van der Waals surface area contributed by atoms with Crippen molar-refractivity contribution in [1.82, 2.24) is 4.90 Å². The fourth-order valence-electron chi connectivity index (χ4n) is 2.11. The molecule has 0 saturated carbocycles. The maximum absolute atomic E-state index is 12.2. The first kappa shape index (κ1) is 16.2. The van der Waals surface area contributed by atoms with E-state index in [4.69, 9.17) is 0 Å². The molecule has 0 radical (unpaired) electrons. The molecule has 0 atom stereocenters. The molecule has 7 heteroatoms. The van der Waals surface area contributed by atoms with E-state index < -0.39 is 11.1 Å². The first-order valence-electron chi connectivity index (χ1n) is 6.48. The molecule has 1 amide bonds. The van der Waals surface area contributed by atoms with E-state index in [0.717, 1.165) is 0 Å². The fraction of sp³-hybridized carbons (Fsp3) is 0.500. The summed E-state index contributed by atoms with van der Waals surface area (Å²) in [5, 5.41) is 10.1. The predicted octanol–water partition coefficient (Wildman–Crippen LogP) is 3.14. The van der Waals surface area contributed by atoms with Crippen LogP contribution in [0, 0.1) is 5.92 Å². The molecule has 1 saturated heterocycles. The monoisotopic (exact) mass is 319 g/mol. The Kier molecular flexibility index (Phi) is 4.26. The standard InChI is InChI=1S/C14H16F3NO2S/c1-9(2)13(20)7-18(8-13)12(19)10-3-5-11(6-4-10)21-14(15,16)17/h3-6,9,20H,7-8H2,1-2H3. The summed E-state index contributed by atoms with van der Waals surface area (Å²) in [6.45, 7) is 4.26. The molecule has 1 aromatic rings. The van der Waals surface area contributed by atoms with Gasteiger partial charge in [0.2, 0.25) is 0 Å². The normalized spacial score (nSPS) is 17.8. The minimum Gasteiger partial charge on any atom is -0.386 e. The number of rotatable bonds is 3. The lowest BCUT2D eigenvalue weighted by Crippen LogP contribution is -2.65. The third kappa shape index (κ3) is 3.71. The van der Waals surface area contributed by atoms with E-state index in [1.807, 2.05) is 13.8 Å². The van der Waals surface area contributed by atoms with Gasteiger partial charge in [-0.1, -0.05) is 13.8 Å². The first-order chi connectivity index (χ1) is 9.61. The summed E-state index contributed by atoms with van der Waals surface area (Å²) in [6, 6.07) is 5.31. The second-order valence-corrected chi connectivity index (χ2v) is 6.63. The third-order valence-corrected chi connectivity index (χ3v) is 4.37. The fourth-order valence-corrected chi connectivity index (χ4v) is 2.64. The summed E-state index contributed by atoms with van der Waals surface area (Å²) in [7, 11) is 0. The topological polar surface area (TPSA) is 40.5 Å². The van der Waals surface area contributed by atoms with Crippen LogP contribution in [0.2, 0.25) is 0 Å². The molecule has 3 nitrogen and oxygen atoms in total. The molecule has 2 rings (SSSR count). The number of hydrogen-bond donors (Lipinski definition) is 1. The molecule has 1 N–H and O–H groups in total. The first-order valence-corrected chi connectivity index (χ1v) is 7.30. The van der Waals surface area contributed by atoms with Gasteiger partial charge in [-0.25, -0.2) is 0 Å². The Morgan fingerprint density at radius 1 is 1.29 bits per heavy atom. The molecular formula is C14H16F3NO2S. The van der Waals surface area contributed by atoms with Gasteiger partial charge in [-0.3, -0.25) is 4.79 Å².